The van der Waals surface area contributed by atoms with Crippen molar-refractivity contribution in [2.24, 2.45) is 11.8 Å². The van der Waals surface area contributed by atoms with Gasteiger partial charge in [0.05, 0.1) is 0 Å². The summed E-state index contributed by atoms with van der Waals surface area (Å²) in [7, 11) is 0. The van der Waals surface area contributed by atoms with Crippen LogP contribution in [0.5, 0.6) is 0 Å². The predicted octanol–water partition coefficient (Wildman–Crippen LogP) is 1.99. The third kappa shape index (κ3) is 2.11. The number of hydrogen-bond donors (Lipinski definition) is 2. The summed E-state index contributed by atoms with van der Waals surface area (Å²) in [5.74, 6) is 7.85. The fourth-order valence-electron chi connectivity index (χ4n) is 2.32. The molecule has 1 aliphatic heterocycles. The van der Waals surface area contributed by atoms with Gasteiger partial charge in [0.25, 0.3) is 0 Å². The van der Waals surface area contributed by atoms with Gasteiger partial charge in [-0.25, -0.2) is 10.8 Å². The van der Waals surface area contributed by atoms with Gasteiger partial charge in [-0.15, -0.1) is 0 Å². The van der Waals surface area contributed by atoms with Crippen LogP contribution in [-0.4, -0.2) is 17.6 Å². The molecule has 1 aliphatic rings. The van der Waals surface area contributed by atoms with Crippen LogP contribution in [-0.2, 0) is 0 Å². The molecule has 2 unspecified atom stereocenters. The van der Waals surface area contributed by atoms with Crippen LogP contribution in [0.2, 0.25) is 0 Å². The van der Waals surface area contributed by atoms with Gasteiger partial charge in [0, 0.05) is 12.6 Å². The molecule has 0 bridgehead atoms. The Morgan fingerprint density at radius 1 is 1.44 bits per heavy atom. The minimum Gasteiger partial charge on any atom is -0.354 e. The van der Waals surface area contributed by atoms with Crippen LogP contribution in [0.3, 0.4) is 0 Å². The van der Waals surface area contributed by atoms with Crippen LogP contribution in [0.1, 0.15) is 26.7 Å². The van der Waals surface area contributed by atoms with Crippen molar-refractivity contribution in [3.63, 3.8) is 0 Å². The number of hydrogen-bond acceptors (Lipinski definition) is 4. The minimum atomic E-state index is 0.550. The van der Waals surface area contributed by atoms with Crippen LogP contribution in [0.4, 0.5) is 11.6 Å². The van der Waals surface area contributed by atoms with Crippen molar-refractivity contribution >= 4 is 11.6 Å². The number of pyridine rings is 1. The summed E-state index contributed by atoms with van der Waals surface area (Å²) in [6.07, 6.45) is 2.56. The summed E-state index contributed by atoms with van der Waals surface area (Å²) < 4.78 is 0. The summed E-state index contributed by atoms with van der Waals surface area (Å²) in [6.45, 7) is 5.67. The normalized spacial score (nSPS) is 25.6. The van der Waals surface area contributed by atoms with E-state index in [0.29, 0.717) is 6.04 Å². The second kappa shape index (κ2) is 4.70. The summed E-state index contributed by atoms with van der Waals surface area (Å²) in [6, 6.07) is 6.47. The molecule has 1 saturated heterocycles. The Kier molecular flexibility index (Phi) is 3.29. The lowest BCUT2D eigenvalue weighted by atomic mass is 9.92. The molecule has 16 heavy (non-hydrogen) atoms. The molecule has 2 rings (SSSR count). The van der Waals surface area contributed by atoms with E-state index in [-0.39, 0.29) is 0 Å². The lowest BCUT2D eigenvalue weighted by Crippen LogP contribution is -2.42. The lowest BCUT2D eigenvalue weighted by Gasteiger charge is -2.38. The molecule has 88 valence electrons. The van der Waals surface area contributed by atoms with Crippen molar-refractivity contribution in [1.29, 1.82) is 0 Å². The van der Waals surface area contributed by atoms with E-state index in [1.165, 1.54) is 12.8 Å². The Labute approximate surface area is 96.8 Å². The monoisotopic (exact) mass is 220 g/mol. The largest absolute Gasteiger partial charge is 0.354 e. The first kappa shape index (κ1) is 11.2. The fraction of sp³-hybridized carbons (Fsp3) is 0.583. The third-order valence-corrected chi connectivity index (χ3v) is 3.55. The van der Waals surface area contributed by atoms with Gasteiger partial charge in [-0.2, -0.15) is 0 Å². The summed E-state index contributed by atoms with van der Waals surface area (Å²) in [4.78, 5) is 6.86. The van der Waals surface area contributed by atoms with Gasteiger partial charge in [0.2, 0.25) is 0 Å². The molecule has 0 aliphatic carbocycles. The highest BCUT2D eigenvalue weighted by Crippen LogP contribution is 2.27. The zero-order chi connectivity index (χ0) is 11.5. The van der Waals surface area contributed by atoms with E-state index in [0.717, 1.165) is 24.1 Å². The molecule has 0 amide bonds. The Hall–Kier alpha value is -1.29. The number of hydrazine groups is 1. The summed E-state index contributed by atoms with van der Waals surface area (Å²) in [5.41, 5.74) is 2.59. The molecule has 3 N–H and O–H groups in total. The van der Waals surface area contributed by atoms with Crippen LogP contribution < -0.4 is 16.2 Å². The van der Waals surface area contributed by atoms with Crippen LogP contribution in [0.15, 0.2) is 18.2 Å². The van der Waals surface area contributed by atoms with Crippen molar-refractivity contribution in [3.8, 4) is 0 Å². The molecule has 1 fully saturated rings. The molecule has 4 nitrogen and oxygen atoms in total. The zero-order valence-electron chi connectivity index (χ0n) is 9.98. The van der Waals surface area contributed by atoms with Gasteiger partial charge in [-0.05, 0) is 37.8 Å². The van der Waals surface area contributed by atoms with Gasteiger partial charge in [0.1, 0.15) is 11.6 Å². The highest BCUT2D eigenvalue weighted by Gasteiger charge is 2.25. The Morgan fingerprint density at radius 2 is 2.25 bits per heavy atom. The molecule has 2 heterocycles. The van der Waals surface area contributed by atoms with E-state index >= 15 is 0 Å². The number of anilines is 2. The third-order valence-electron chi connectivity index (χ3n) is 3.55. The maximum atomic E-state index is 5.38. The van der Waals surface area contributed by atoms with E-state index in [9.17, 15) is 0 Å². The zero-order valence-corrected chi connectivity index (χ0v) is 9.98. The SMILES string of the molecule is CC1CCCN(c2cccc(NN)n2)C1C. The van der Waals surface area contributed by atoms with Gasteiger partial charge < -0.3 is 10.3 Å². The van der Waals surface area contributed by atoms with Crippen LogP contribution in [0, 0.1) is 5.92 Å². The Balaban J connectivity index is 2.21. The average molecular weight is 220 g/mol. The number of aromatic nitrogens is 1. The summed E-state index contributed by atoms with van der Waals surface area (Å²) in [5, 5.41) is 0. The average Bonchev–Trinajstić information content (AvgIpc) is 2.33. The van der Waals surface area contributed by atoms with Crippen molar-refractivity contribution in [1.82, 2.24) is 4.98 Å². The standard InChI is InChI=1S/C12H20N4/c1-9-5-4-8-16(10(9)2)12-7-3-6-11(14-12)15-13/h3,6-7,9-10H,4-5,8,13H2,1-2H3,(H,14,15). The lowest BCUT2D eigenvalue weighted by molar-refractivity contribution is 0.361. The summed E-state index contributed by atoms with van der Waals surface area (Å²) >= 11 is 0. The van der Waals surface area contributed by atoms with Crippen molar-refractivity contribution in [3.05, 3.63) is 18.2 Å². The number of piperidine rings is 1. The number of nitrogens with zero attached hydrogens (tertiary/aromatic N) is 2. The minimum absolute atomic E-state index is 0.550. The molecule has 0 radical (unpaired) electrons. The first-order chi connectivity index (χ1) is 7.72. The molecule has 4 heteroatoms. The molecule has 1 aromatic rings. The first-order valence-electron chi connectivity index (χ1n) is 5.92. The molecular formula is C12H20N4. The van der Waals surface area contributed by atoms with E-state index in [2.05, 4.69) is 35.2 Å². The quantitative estimate of drug-likeness (QED) is 0.591. The molecule has 2 atom stereocenters. The molecule has 0 aromatic carbocycles. The first-order valence-corrected chi connectivity index (χ1v) is 5.92. The molecule has 0 spiro atoms. The molecule has 1 aromatic heterocycles. The number of nitrogens with two attached hydrogens (primary N) is 1. The number of nitrogens with one attached hydrogen (secondary N) is 1. The van der Waals surface area contributed by atoms with E-state index < -0.39 is 0 Å². The maximum absolute atomic E-state index is 5.38. The van der Waals surface area contributed by atoms with Crippen molar-refractivity contribution < 1.29 is 0 Å². The van der Waals surface area contributed by atoms with Gasteiger partial charge in [-0.1, -0.05) is 13.0 Å². The number of rotatable bonds is 2. The fourth-order valence-corrected chi connectivity index (χ4v) is 2.32. The van der Waals surface area contributed by atoms with E-state index in [1.54, 1.807) is 0 Å². The van der Waals surface area contributed by atoms with Crippen molar-refractivity contribution in [2.75, 3.05) is 16.9 Å². The Morgan fingerprint density at radius 3 is 3.00 bits per heavy atom. The molecular weight excluding hydrogens is 200 g/mol. The number of nitrogen functional groups attached to an aromatic ring is 1. The van der Waals surface area contributed by atoms with Crippen molar-refractivity contribution in [2.45, 2.75) is 32.7 Å². The van der Waals surface area contributed by atoms with E-state index in [4.69, 9.17) is 5.84 Å². The van der Waals surface area contributed by atoms with Crippen LogP contribution >= 0.6 is 0 Å². The smallest absolute Gasteiger partial charge is 0.142 e. The Bertz CT molecular complexity index is 353. The second-order valence-corrected chi connectivity index (χ2v) is 4.58. The second-order valence-electron chi connectivity index (χ2n) is 4.58. The van der Waals surface area contributed by atoms with Gasteiger partial charge in [-0.3, -0.25) is 0 Å². The van der Waals surface area contributed by atoms with Gasteiger partial charge >= 0.3 is 0 Å². The predicted molar refractivity (Wildman–Crippen MR) is 67.3 cm³/mol. The molecule has 0 saturated carbocycles. The highest BCUT2D eigenvalue weighted by molar-refractivity contribution is 5.47. The van der Waals surface area contributed by atoms with Crippen LogP contribution in [0.25, 0.3) is 0 Å². The maximum Gasteiger partial charge on any atom is 0.142 e. The van der Waals surface area contributed by atoms with E-state index in [1.807, 2.05) is 12.1 Å². The highest BCUT2D eigenvalue weighted by atomic mass is 15.3. The topological polar surface area (TPSA) is 54.2 Å². The van der Waals surface area contributed by atoms with Gasteiger partial charge in [0.15, 0.2) is 0 Å².